The molecule has 0 bridgehead atoms. The molecule has 5 heteroatoms. The van der Waals surface area contributed by atoms with Crippen LogP contribution >= 0.6 is 11.3 Å². The third kappa shape index (κ3) is 2.37. The molecular weight excluding hydrogens is 299 g/mol. The van der Waals surface area contributed by atoms with E-state index in [9.17, 15) is 9.18 Å². The number of aromatic nitrogens is 1. The molecule has 2 N–H and O–H groups in total. The standard InChI is InChI=1S/C17H15FN2OS/c1-3-13-9(2)8-12-14(19)16(22-17(12)20-13)15(21)10-4-6-11(18)7-5-10/h4-8H,3,19H2,1-2H3. The van der Waals surface area contributed by atoms with Gasteiger partial charge in [0.2, 0.25) is 5.78 Å². The zero-order valence-electron chi connectivity index (χ0n) is 12.3. The molecule has 0 aliphatic heterocycles. The molecule has 0 atom stereocenters. The van der Waals surface area contributed by atoms with Crippen LogP contribution in [0.1, 0.15) is 33.4 Å². The summed E-state index contributed by atoms with van der Waals surface area (Å²) in [5.74, 6) is -0.568. The molecule has 3 aromatic rings. The first-order chi connectivity index (χ1) is 10.5. The molecule has 112 valence electrons. The van der Waals surface area contributed by atoms with Crippen molar-refractivity contribution in [2.75, 3.05) is 5.73 Å². The normalized spacial score (nSPS) is 11.0. The quantitative estimate of drug-likeness (QED) is 0.740. The molecule has 0 radical (unpaired) electrons. The maximum atomic E-state index is 13.0. The molecule has 0 aliphatic carbocycles. The van der Waals surface area contributed by atoms with Gasteiger partial charge in [-0.15, -0.1) is 11.3 Å². The Morgan fingerprint density at radius 1 is 1.32 bits per heavy atom. The van der Waals surface area contributed by atoms with Gasteiger partial charge in [-0.1, -0.05) is 6.92 Å². The van der Waals surface area contributed by atoms with Crippen molar-refractivity contribution in [1.82, 2.24) is 4.98 Å². The predicted molar refractivity (Wildman–Crippen MR) is 88.0 cm³/mol. The molecule has 0 spiro atoms. The fraction of sp³-hybridized carbons (Fsp3) is 0.176. The molecule has 22 heavy (non-hydrogen) atoms. The summed E-state index contributed by atoms with van der Waals surface area (Å²) in [6, 6.07) is 7.46. The van der Waals surface area contributed by atoms with Gasteiger partial charge >= 0.3 is 0 Å². The maximum Gasteiger partial charge on any atom is 0.205 e. The summed E-state index contributed by atoms with van der Waals surface area (Å²) < 4.78 is 13.0. The van der Waals surface area contributed by atoms with E-state index in [0.717, 1.165) is 27.9 Å². The van der Waals surface area contributed by atoms with Gasteiger partial charge in [-0.3, -0.25) is 4.79 Å². The number of fused-ring (bicyclic) bond motifs is 1. The van der Waals surface area contributed by atoms with Gasteiger partial charge in [0.25, 0.3) is 0 Å². The Hall–Kier alpha value is -2.27. The van der Waals surface area contributed by atoms with Gasteiger partial charge in [0.1, 0.15) is 15.5 Å². The van der Waals surface area contributed by atoms with Crippen LogP contribution < -0.4 is 5.73 Å². The molecule has 0 aliphatic rings. The number of pyridine rings is 1. The minimum atomic E-state index is -0.370. The van der Waals surface area contributed by atoms with Crippen LogP contribution in [0.3, 0.4) is 0 Å². The number of benzene rings is 1. The van der Waals surface area contributed by atoms with Crippen molar-refractivity contribution in [2.45, 2.75) is 20.3 Å². The lowest BCUT2D eigenvalue weighted by Gasteiger charge is -2.02. The fourth-order valence-electron chi connectivity index (χ4n) is 2.44. The number of halogens is 1. The first kappa shape index (κ1) is 14.7. The van der Waals surface area contributed by atoms with E-state index in [1.807, 2.05) is 19.9 Å². The molecule has 0 unspecified atom stereocenters. The topological polar surface area (TPSA) is 56.0 Å². The average molecular weight is 314 g/mol. The molecule has 2 heterocycles. The number of carbonyl (C=O) groups is 1. The minimum absolute atomic E-state index is 0.198. The van der Waals surface area contributed by atoms with E-state index in [1.54, 1.807) is 0 Å². The van der Waals surface area contributed by atoms with Gasteiger partial charge in [-0.2, -0.15) is 0 Å². The van der Waals surface area contributed by atoms with Crippen molar-refractivity contribution in [3.05, 3.63) is 57.8 Å². The molecule has 0 fully saturated rings. The van der Waals surface area contributed by atoms with E-state index in [-0.39, 0.29) is 11.6 Å². The second kappa shape index (κ2) is 5.50. The average Bonchev–Trinajstić information content (AvgIpc) is 2.83. The highest BCUT2D eigenvalue weighted by atomic mass is 32.1. The monoisotopic (exact) mass is 314 g/mol. The van der Waals surface area contributed by atoms with Gasteiger partial charge in [-0.25, -0.2) is 9.37 Å². The lowest BCUT2D eigenvalue weighted by molar-refractivity contribution is 0.104. The van der Waals surface area contributed by atoms with Crippen LogP contribution in [0.2, 0.25) is 0 Å². The number of nitrogen functional groups attached to an aromatic ring is 1. The Morgan fingerprint density at radius 2 is 2.00 bits per heavy atom. The van der Waals surface area contributed by atoms with Crippen LogP contribution in [0.4, 0.5) is 10.1 Å². The lowest BCUT2D eigenvalue weighted by atomic mass is 10.1. The van der Waals surface area contributed by atoms with Gasteiger partial charge in [0.15, 0.2) is 0 Å². The zero-order chi connectivity index (χ0) is 15.9. The van der Waals surface area contributed by atoms with Crippen LogP contribution in [0.15, 0.2) is 30.3 Å². The smallest absolute Gasteiger partial charge is 0.205 e. The number of thiophene rings is 1. The van der Waals surface area contributed by atoms with Crippen LogP contribution in [0.5, 0.6) is 0 Å². The van der Waals surface area contributed by atoms with Crippen molar-refractivity contribution in [2.24, 2.45) is 0 Å². The number of hydrogen-bond donors (Lipinski definition) is 1. The Morgan fingerprint density at radius 3 is 2.64 bits per heavy atom. The number of aryl methyl sites for hydroxylation is 2. The second-order valence-electron chi connectivity index (χ2n) is 5.14. The van der Waals surface area contributed by atoms with Gasteiger partial charge < -0.3 is 5.73 Å². The molecule has 0 amide bonds. The molecule has 3 nitrogen and oxygen atoms in total. The Bertz CT molecular complexity index is 868. The highest BCUT2D eigenvalue weighted by Crippen LogP contribution is 2.35. The summed E-state index contributed by atoms with van der Waals surface area (Å²) in [6.07, 6.45) is 0.834. The third-order valence-electron chi connectivity index (χ3n) is 3.66. The summed E-state index contributed by atoms with van der Waals surface area (Å²) in [4.78, 5) is 18.4. The maximum absolute atomic E-state index is 13.0. The van der Waals surface area contributed by atoms with Crippen molar-refractivity contribution < 1.29 is 9.18 Å². The summed E-state index contributed by atoms with van der Waals surface area (Å²) >= 11 is 1.29. The summed E-state index contributed by atoms with van der Waals surface area (Å²) in [5, 5.41) is 0.810. The van der Waals surface area contributed by atoms with E-state index in [1.165, 1.54) is 35.6 Å². The lowest BCUT2D eigenvalue weighted by Crippen LogP contribution is -2.02. The van der Waals surface area contributed by atoms with Crippen LogP contribution in [-0.4, -0.2) is 10.8 Å². The molecular formula is C17H15FN2OS. The largest absolute Gasteiger partial charge is 0.397 e. The first-order valence-corrected chi connectivity index (χ1v) is 7.81. The summed E-state index contributed by atoms with van der Waals surface area (Å²) in [7, 11) is 0. The molecule has 0 saturated carbocycles. The second-order valence-corrected chi connectivity index (χ2v) is 6.14. The SMILES string of the molecule is CCc1nc2sc(C(=O)c3ccc(F)cc3)c(N)c2cc1C. The molecule has 0 saturated heterocycles. The van der Waals surface area contributed by atoms with Gasteiger partial charge in [-0.05, 0) is 49.2 Å². The summed E-state index contributed by atoms with van der Waals surface area (Å²) in [5.41, 5.74) is 9.10. The Labute approximate surface area is 131 Å². The number of ketones is 1. The number of nitrogens with two attached hydrogens (primary N) is 1. The molecule has 2 aromatic heterocycles. The summed E-state index contributed by atoms with van der Waals surface area (Å²) in [6.45, 7) is 4.03. The molecule has 1 aromatic carbocycles. The number of nitrogens with zero attached hydrogens (tertiary/aromatic N) is 1. The van der Waals surface area contributed by atoms with Crippen LogP contribution in [0.25, 0.3) is 10.2 Å². The van der Waals surface area contributed by atoms with Crippen LogP contribution in [0, 0.1) is 12.7 Å². The number of anilines is 1. The van der Waals surface area contributed by atoms with Gasteiger partial charge in [0.05, 0.1) is 5.69 Å². The first-order valence-electron chi connectivity index (χ1n) is 7.00. The minimum Gasteiger partial charge on any atom is -0.397 e. The highest BCUT2D eigenvalue weighted by Gasteiger charge is 2.19. The molecule has 3 rings (SSSR count). The van der Waals surface area contributed by atoms with Crippen molar-refractivity contribution >= 4 is 33.0 Å². The number of rotatable bonds is 3. The van der Waals surface area contributed by atoms with Crippen LogP contribution in [-0.2, 0) is 6.42 Å². The van der Waals surface area contributed by atoms with E-state index < -0.39 is 0 Å². The van der Waals surface area contributed by atoms with Crippen molar-refractivity contribution in [3.8, 4) is 0 Å². The Balaban J connectivity index is 2.13. The predicted octanol–water partition coefficient (Wildman–Crippen LogP) is 4.12. The number of carbonyl (C=O) groups excluding carboxylic acids is 1. The Kier molecular flexibility index (Phi) is 3.66. The van der Waals surface area contributed by atoms with Gasteiger partial charge in [0, 0.05) is 16.6 Å². The fourth-order valence-corrected chi connectivity index (χ4v) is 3.49. The number of hydrogen-bond acceptors (Lipinski definition) is 4. The van der Waals surface area contributed by atoms with E-state index in [2.05, 4.69) is 4.98 Å². The van der Waals surface area contributed by atoms with Crippen molar-refractivity contribution in [1.29, 1.82) is 0 Å². The van der Waals surface area contributed by atoms with E-state index in [4.69, 9.17) is 5.73 Å². The van der Waals surface area contributed by atoms with Crippen molar-refractivity contribution in [3.63, 3.8) is 0 Å². The third-order valence-corrected chi connectivity index (χ3v) is 4.78. The van der Waals surface area contributed by atoms with E-state index in [0.29, 0.717) is 16.1 Å². The highest BCUT2D eigenvalue weighted by molar-refractivity contribution is 7.21. The zero-order valence-corrected chi connectivity index (χ0v) is 13.1. The van der Waals surface area contributed by atoms with E-state index >= 15 is 0 Å².